The van der Waals surface area contributed by atoms with Crippen LogP contribution in [-0.4, -0.2) is 17.6 Å². The average molecular weight is 272 g/mol. The van der Waals surface area contributed by atoms with Gasteiger partial charge in [0.1, 0.15) is 11.5 Å². The molecule has 4 N–H and O–H groups in total. The number of nitrogens with two attached hydrogens (primary N) is 1. The van der Waals surface area contributed by atoms with Gasteiger partial charge in [-0.1, -0.05) is 6.07 Å². The summed E-state index contributed by atoms with van der Waals surface area (Å²) >= 11 is 0. The van der Waals surface area contributed by atoms with Crippen LogP contribution in [0.3, 0.4) is 0 Å². The zero-order valence-corrected chi connectivity index (χ0v) is 10.9. The van der Waals surface area contributed by atoms with Crippen LogP contribution in [0.2, 0.25) is 0 Å². The first-order valence-corrected chi connectivity index (χ1v) is 6.21. The van der Waals surface area contributed by atoms with Crippen molar-refractivity contribution >= 4 is 17.3 Å². The van der Waals surface area contributed by atoms with Gasteiger partial charge >= 0.3 is 0 Å². The van der Waals surface area contributed by atoms with E-state index in [9.17, 15) is 9.90 Å². The molecule has 0 radical (unpaired) electrons. The van der Waals surface area contributed by atoms with Gasteiger partial charge in [-0.2, -0.15) is 0 Å². The Bertz CT molecular complexity index is 582. The lowest BCUT2D eigenvalue weighted by Gasteiger charge is -2.07. The first-order chi connectivity index (χ1) is 9.63. The highest BCUT2D eigenvalue weighted by Gasteiger charge is 2.03. The molecule has 2 aromatic carbocycles. The molecule has 1 amide bonds. The third-order valence-electron chi connectivity index (χ3n) is 2.61. The van der Waals surface area contributed by atoms with Gasteiger partial charge in [0.15, 0.2) is 0 Å². The number of phenols is 1. The number of carbonyl (C=O) groups excluding carboxylic acids is 1. The summed E-state index contributed by atoms with van der Waals surface area (Å²) in [5.41, 5.74) is 6.79. The van der Waals surface area contributed by atoms with Crippen LogP contribution in [0.1, 0.15) is 6.42 Å². The summed E-state index contributed by atoms with van der Waals surface area (Å²) in [4.78, 5) is 11.7. The maximum atomic E-state index is 11.7. The van der Waals surface area contributed by atoms with Crippen molar-refractivity contribution in [1.82, 2.24) is 0 Å². The number of hydrogen-bond donors (Lipinski definition) is 3. The van der Waals surface area contributed by atoms with Gasteiger partial charge in [0.25, 0.3) is 0 Å². The van der Waals surface area contributed by atoms with Crippen molar-refractivity contribution in [2.45, 2.75) is 6.42 Å². The number of ether oxygens (including phenoxy) is 1. The quantitative estimate of drug-likeness (QED) is 0.730. The normalized spacial score (nSPS) is 10.0. The molecular formula is C15H16N2O3. The lowest BCUT2D eigenvalue weighted by molar-refractivity contribution is -0.116. The summed E-state index contributed by atoms with van der Waals surface area (Å²) in [7, 11) is 0. The predicted molar refractivity (Wildman–Crippen MR) is 77.7 cm³/mol. The van der Waals surface area contributed by atoms with Gasteiger partial charge in [0.05, 0.1) is 13.0 Å². The summed E-state index contributed by atoms with van der Waals surface area (Å²) in [6.07, 6.45) is 0.222. The van der Waals surface area contributed by atoms with E-state index >= 15 is 0 Å². The zero-order valence-electron chi connectivity index (χ0n) is 10.9. The van der Waals surface area contributed by atoms with Crippen LogP contribution in [0.5, 0.6) is 11.5 Å². The summed E-state index contributed by atoms with van der Waals surface area (Å²) in [5, 5.41) is 12.0. The fourth-order valence-corrected chi connectivity index (χ4v) is 1.63. The molecule has 20 heavy (non-hydrogen) atoms. The van der Waals surface area contributed by atoms with Gasteiger partial charge in [0, 0.05) is 17.4 Å². The average Bonchev–Trinajstić information content (AvgIpc) is 2.41. The second-order valence-corrected chi connectivity index (χ2v) is 4.27. The minimum atomic E-state index is -0.175. The number of nitrogen functional groups attached to an aromatic ring is 1. The number of amides is 1. The minimum absolute atomic E-state index is 0.112. The number of anilines is 2. The standard InChI is InChI=1S/C15H16N2O3/c16-11-4-6-14(7-5-11)20-9-8-15(19)17-12-2-1-3-13(18)10-12/h1-7,10,18H,8-9,16H2,(H,17,19). The molecule has 0 unspecified atom stereocenters. The summed E-state index contributed by atoms with van der Waals surface area (Å²) in [5.74, 6) is 0.608. The van der Waals surface area contributed by atoms with Crippen molar-refractivity contribution < 1.29 is 14.6 Å². The van der Waals surface area contributed by atoms with E-state index < -0.39 is 0 Å². The Kier molecular flexibility index (Phi) is 4.44. The van der Waals surface area contributed by atoms with Crippen molar-refractivity contribution in [3.05, 3.63) is 48.5 Å². The van der Waals surface area contributed by atoms with Crippen molar-refractivity contribution in [2.24, 2.45) is 0 Å². The van der Waals surface area contributed by atoms with Crippen LogP contribution in [0.25, 0.3) is 0 Å². The van der Waals surface area contributed by atoms with Crippen molar-refractivity contribution in [1.29, 1.82) is 0 Å². The van der Waals surface area contributed by atoms with E-state index in [1.165, 1.54) is 6.07 Å². The summed E-state index contributed by atoms with van der Waals surface area (Å²) in [6, 6.07) is 13.4. The number of aromatic hydroxyl groups is 1. The predicted octanol–water partition coefficient (Wildman–Crippen LogP) is 2.38. The van der Waals surface area contributed by atoms with Crippen LogP contribution in [0.15, 0.2) is 48.5 Å². The fourth-order valence-electron chi connectivity index (χ4n) is 1.63. The number of hydrogen-bond acceptors (Lipinski definition) is 4. The van der Waals surface area contributed by atoms with Gasteiger partial charge in [-0.15, -0.1) is 0 Å². The SMILES string of the molecule is Nc1ccc(OCCC(=O)Nc2cccc(O)c2)cc1. The Morgan fingerprint density at radius 3 is 2.65 bits per heavy atom. The van der Waals surface area contributed by atoms with Crippen LogP contribution >= 0.6 is 0 Å². The molecule has 2 rings (SSSR count). The van der Waals surface area contributed by atoms with Crippen LogP contribution in [0, 0.1) is 0 Å². The minimum Gasteiger partial charge on any atom is -0.508 e. The van der Waals surface area contributed by atoms with E-state index in [1.54, 1.807) is 42.5 Å². The fraction of sp³-hybridized carbons (Fsp3) is 0.133. The molecule has 0 aliphatic rings. The molecule has 0 heterocycles. The molecular weight excluding hydrogens is 256 g/mol. The summed E-state index contributed by atoms with van der Waals surface area (Å²) in [6.45, 7) is 0.272. The van der Waals surface area contributed by atoms with Gasteiger partial charge in [0.2, 0.25) is 5.91 Å². The highest BCUT2D eigenvalue weighted by atomic mass is 16.5. The highest BCUT2D eigenvalue weighted by Crippen LogP contribution is 2.16. The van der Waals surface area contributed by atoms with Gasteiger partial charge in [-0.25, -0.2) is 0 Å². The lowest BCUT2D eigenvalue weighted by Crippen LogP contribution is -2.15. The highest BCUT2D eigenvalue weighted by molar-refractivity contribution is 5.90. The molecule has 0 fully saturated rings. The monoisotopic (exact) mass is 272 g/mol. The molecule has 104 valence electrons. The van der Waals surface area contributed by atoms with Gasteiger partial charge in [-0.05, 0) is 36.4 Å². The molecule has 0 aromatic heterocycles. The molecule has 0 saturated heterocycles. The molecule has 5 nitrogen and oxygen atoms in total. The Morgan fingerprint density at radius 2 is 1.95 bits per heavy atom. The topological polar surface area (TPSA) is 84.6 Å². The Hall–Kier alpha value is -2.69. The Morgan fingerprint density at radius 1 is 1.20 bits per heavy atom. The molecule has 0 bridgehead atoms. The molecule has 2 aromatic rings. The van der Waals surface area contributed by atoms with Crippen LogP contribution in [0.4, 0.5) is 11.4 Å². The van der Waals surface area contributed by atoms with Crippen molar-refractivity contribution in [3.63, 3.8) is 0 Å². The van der Waals surface area contributed by atoms with Gasteiger partial charge in [-0.3, -0.25) is 4.79 Å². The van der Waals surface area contributed by atoms with E-state index in [2.05, 4.69) is 5.32 Å². The second-order valence-electron chi connectivity index (χ2n) is 4.27. The van der Waals surface area contributed by atoms with Gasteiger partial charge < -0.3 is 20.9 Å². The number of benzene rings is 2. The second kappa shape index (κ2) is 6.47. The number of phenolic OH excluding ortho intramolecular Hbond substituents is 1. The van der Waals surface area contributed by atoms with E-state index in [4.69, 9.17) is 10.5 Å². The molecule has 0 spiro atoms. The largest absolute Gasteiger partial charge is 0.508 e. The Labute approximate surface area is 117 Å². The molecule has 0 aliphatic carbocycles. The molecule has 0 atom stereocenters. The van der Waals surface area contributed by atoms with E-state index in [0.29, 0.717) is 17.1 Å². The van der Waals surface area contributed by atoms with Crippen molar-refractivity contribution in [3.8, 4) is 11.5 Å². The third-order valence-corrected chi connectivity index (χ3v) is 2.61. The third kappa shape index (κ3) is 4.20. The smallest absolute Gasteiger partial charge is 0.227 e. The number of rotatable bonds is 5. The number of nitrogens with one attached hydrogen (secondary N) is 1. The lowest BCUT2D eigenvalue weighted by atomic mass is 10.3. The molecule has 0 saturated carbocycles. The van der Waals surface area contributed by atoms with E-state index in [-0.39, 0.29) is 24.7 Å². The maximum absolute atomic E-state index is 11.7. The maximum Gasteiger partial charge on any atom is 0.227 e. The van der Waals surface area contributed by atoms with Crippen LogP contribution < -0.4 is 15.8 Å². The molecule has 5 heteroatoms. The van der Waals surface area contributed by atoms with Crippen molar-refractivity contribution in [2.75, 3.05) is 17.7 Å². The zero-order chi connectivity index (χ0) is 14.4. The molecule has 0 aliphatic heterocycles. The van der Waals surface area contributed by atoms with Crippen LogP contribution in [-0.2, 0) is 4.79 Å². The summed E-state index contributed by atoms with van der Waals surface area (Å²) < 4.78 is 5.43. The van der Waals surface area contributed by atoms with E-state index in [1.807, 2.05) is 0 Å². The van der Waals surface area contributed by atoms with E-state index in [0.717, 1.165) is 0 Å². The number of carbonyl (C=O) groups is 1. The first-order valence-electron chi connectivity index (χ1n) is 6.21. The first kappa shape index (κ1) is 13.7. The Balaban J connectivity index is 1.76.